The van der Waals surface area contributed by atoms with Crippen molar-refractivity contribution in [2.75, 3.05) is 10.1 Å². The van der Waals surface area contributed by atoms with Crippen molar-refractivity contribution in [1.82, 2.24) is 4.72 Å². The number of rotatable bonds is 5. The van der Waals surface area contributed by atoms with Gasteiger partial charge in [-0.15, -0.1) is 0 Å². The smallest absolute Gasteiger partial charge is 0.247 e. The highest BCUT2D eigenvalue weighted by atomic mass is 32.2. The van der Waals surface area contributed by atoms with Crippen LogP contribution in [0, 0.1) is 12.3 Å². The molecule has 0 radical (unpaired) electrons. The normalized spacial score (nSPS) is 18.4. The highest BCUT2D eigenvalue weighted by Crippen LogP contribution is 2.36. The van der Waals surface area contributed by atoms with Crippen LogP contribution in [0.3, 0.4) is 0 Å². The van der Waals surface area contributed by atoms with Crippen molar-refractivity contribution < 1.29 is 21.6 Å². The van der Waals surface area contributed by atoms with Crippen LogP contribution in [-0.2, 0) is 31.4 Å². The molecule has 0 spiro atoms. The van der Waals surface area contributed by atoms with Gasteiger partial charge in [-0.05, 0) is 50.1 Å². The standard InChI is InChI=1S/C19H22N2O5S2/c1-14-11-16(21-18(22)19(2,3)13-27(21,23)24)9-10-17(14)28(25,26)20-12-15-7-5-4-6-8-15/h4-11,20H,12-13H2,1-3H3. The molecule has 1 amide bonds. The number of hydrogen-bond donors (Lipinski definition) is 1. The Morgan fingerprint density at radius 2 is 1.75 bits per heavy atom. The Morgan fingerprint density at radius 3 is 2.29 bits per heavy atom. The lowest BCUT2D eigenvalue weighted by Gasteiger charge is -2.19. The van der Waals surface area contributed by atoms with E-state index in [2.05, 4.69) is 4.72 Å². The molecule has 28 heavy (non-hydrogen) atoms. The maximum absolute atomic E-state index is 12.6. The van der Waals surface area contributed by atoms with Crippen molar-refractivity contribution in [2.24, 2.45) is 5.41 Å². The molecule has 0 unspecified atom stereocenters. The van der Waals surface area contributed by atoms with Crippen molar-refractivity contribution in [1.29, 1.82) is 0 Å². The maximum Gasteiger partial charge on any atom is 0.247 e. The summed E-state index contributed by atoms with van der Waals surface area (Å²) < 4.78 is 53.4. The number of nitrogens with one attached hydrogen (secondary N) is 1. The fourth-order valence-corrected chi connectivity index (χ4v) is 6.52. The molecule has 9 heteroatoms. The minimum atomic E-state index is -3.80. The third-order valence-corrected chi connectivity index (χ3v) is 8.16. The van der Waals surface area contributed by atoms with Crippen molar-refractivity contribution in [2.45, 2.75) is 32.2 Å². The van der Waals surface area contributed by atoms with Gasteiger partial charge in [0.15, 0.2) is 0 Å². The van der Waals surface area contributed by atoms with Gasteiger partial charge in [0.2, 0.25) is 26.0 Å². The summed E-state index contributed by atoms with van der Waals surface area (Å²) in [6, 6.07) is 13.2. The Balaban J connectivity index is 1.89. The number of amides is 1. The molecule has 0 atom stereocenters. The van der Waals surface area contributed by atoms with E-state index >= 15 is 0 Å². The van der Waals surface area contributed by atoms with Crippen LogP contribution in [0.2, 0.25) is 0 Å². The largest absolute Gasteiger partial charge is 0.273 e. The molecule has 1 heterocycles. The Morgan fingerprint density at radius 1 is 1.11 bits per heavy atom. The topological polar surface area (TPSA) is 101 Å². The van der Waals surface area contributed by atoms with E-state index in [-0.39, 0.29) is 22.9 Å². The van der Waals surface area contributed by atoms with E-state index in [4.69, 9.17) is 0 Å². The molecule has 2 aromatic rings. The molecule has 1 saturated heterocycles. The predicted octanol–water partition coefficient (Wildman–Crippen LogP) is 2.18. The summed E-state index contributed by atoms with van der Waals surface area (Å²) in [6.45, 7) is 4.86. The number of aryl methyl sites for hydroxylation is 1. The SMILES string of the molecule is Cc1cc(N2C(=O)C(C)(C)CS2(=O)=O)ccc1S(=O)(=O)NCc1ccccc1. The van der Waals surface area contributed by atoms with E-state index in [0.717, 1.165) is 9.87 Å². The number of carbonyl (C=O) groups is 1. The van der Waals surface area contributed by atoms with Gasteiger partial charge in [0.25, 0.3) is 0 Å². The molecule has 3 rings (SSSR count). The fraction of sp³-hybridized carbons (Fsp3) is 0.316. The van der Waals surface area contributed by atoms with Gasteiger partial charge >= 0.3 is 0 Å². The second-order valence-electron chi connectivity index (χ2n) is 7.47. The fourth-order valence-electron chi connectivity index (χ4n) is 3.17. The summed E-state index contributed by atoms with van der Waals surface area (Å²) in [7, 11) is -7.59. The van der Waals surface area contributed by atoms with E-state index in [1.54, 1.807) is 20.8 Å². The van der Waals surface area contributed by atoms with E-state index in [1.165, 1.54) is 18.2 Å². The van der Waals surface area contributed by atoms with Crippen LogP contribution in [0.15, 0.2) is 53.4 Å². The minimum absolute atomic E-state index is 0.0375. The molecule has 0 bridgehead atoms. The van der Waals surface area contributed by atoms with Gasteiger partial charge in [0.1, 0.15) is 0 Å². The van der Waals surface area contributed by atoms with Crippen LogP contribution in [0.5, 0.6) is 0 Å². The highest BCUT2D eigenvalue weighted by molar-refractivity contribution is 7.94. The van der Waals surface area contributed by atoms with E-state index in [9.17, 15) is 21.6 Å². The zero-order valence-corrected chi connectivity index (χ0v) is 17.5. The van der Waals surface area contributed by atoms with Crippen molar-refractivity contribution in [3.05, 3.63) is 59.7 Å². The number of carbonyl (C=O) groups excluding carboxylic acids is 1. The monoisotopic (exact) mass is 422 g/mol. The number of benzene rings is 2. The van der Waals surface area contributed by atoms with E-state index in [1.807, 2.05) is 30.3 Å². The van der Waals surface area contributed by atoms with Gasteiger partial charge in [-0.2, -0.15) is 0 Å². The van der Waals surface area contributed by atoms with Crippen molar-refractivity contribution in [3.8, 4) is 0 Å². The van der Waals surface area contributed by atoms with Gasteiger partial charge < -0.3 is 0 Å². The van der Waals surface area contributed by atoms with Gasteiger partial charge in [0.05, 0.1) is 21.8 Å². The summed E-state index contributed by atoms with van der Waals surface area (Å²) in [4.78, 5) is 12.5. The molecule has 2 aromatic carbocycles. The van der Waals surface area contributed by atoms with Crippen LogP contribution < -0.4 is 9.03 Å². The average molecular weight is 423 g/mol. The van der Waals surface area contributed by atoms with E-state index in [0.29, 0.717) is 5.56 Å². The first-order chi connectivity index (χ1) is 12.9. The lowest BCUT2D eigenvalue weighted by Crippen LogP contribution is -2.33. The summed E-state index contributed by atoms with van der Waals surface area (Å²) in [6.07, 6.45) is 0. The van der Waals surface area contributed by atoms with Gasteiger partial charge in [-0.1, -0.05) is 30.3 Å². The second kappa shape index (κ2) is 6.98. The molecular weight excluding hydrogens is 400 g/mol. The highest BCUT2D eigenvalue weighted by Gasteiger charge is 2.50. The summed E-state index contributed by atoms with van der Waals surface area (Å²) >= 11 is 0. The molecule has 0 saturated carbocycles. The molecule has 150 valence electrons. The summed E-state index contributed by atoms with van der Waals surface area (Å²) in [5.41, 5.74) is 0.298. The molecule has 0 aliphatic carbocycles. The first-order valence-corrected chi connectivity index (χ1v) is 11.7. The second-order valence-corrected chi connectivity index (χ2v) is 11.0. The van der Waals surface area contributed by atoms with E-state index < -0.39 is 31.4 Å². The molecule has 1 aliphatic rings. The molecular formula is C19H22N2O5S2. The Kier molecular flexibility index (Phi) is 5.11. The number of hydrogen-bond acceptors (Lipinski definition) is 5. The van der Waals surface area contributed by atoms with Crippen molar-refractivity contribution >= 4 is 31.6 Å². The third kappa shape index (κ3) is 3.82. The zero-order chi connectivity index (χ0) is 20.7. The van der Waals surface area contributed by atoms with Crippen LogP contribution >= 0.6 is 0 Å². The number of sulfonamides is 2. The first-order valence-electron chi connectivity index (χ1n) is 8.66. The third-order valence-electron chi connectivity index (χ3n) is 4.58. The molecule has 1 fully saturated rings. The minimum Gasteiger partial charge on any atom is -0.273 e. The lowest BCUT2D eigenvalue weighted by molar-refractivity contribution is -0.123. The Hall–Kier alpha value is -2.23. The van der Waals surface area contributed by atoms with Crippen LogP contribution in [-0.4, -0.2) is 28.5 Å². The predicted molar refractivity (Wildman–Crippen MR) is 107 cm³/mol. The molecule has 0 aromatic heterocycles. The van der Waals surface area contributed by atoms with Crippen LogP contribution in [0.25, 0.3) is 0 Å². The molecule has 7 nitrogen and oxygen atoms in total. The van der Waals surface area contributed by atoms with Gasteiger partial charge in [-0.3, -0.25) is 4.79 Å². The Bertz CT molecular complexity index is 1120. The molecule has 1 N–H and O–H groups in total. The van der Waals surface area contributed by atoms with Gasteiger partial charge in [0, 0.05) is 6.54 Å². The number of anilines is 1. The van der Waals surface area contributed by atoms with Crippen LogP contribution in [0.1, 0.15) is 25.0 Å². The maximum atomic E-state index is 12.6. The summed E-state index contributed by atoms with van der Waals surface area (Å²) in [5, 5.41) is 0. The zero-order valence-electron chi connectivity index (χ0n) is 15.8. The van der Waals surface area contributed by atoms with Crippen molar-refractivity contribution in [3.63, 3.8) is 0 Å². The average Bonchev–Trinajstić information content (AvgIpc) is 2.76. The first kappa shape index (κ1) is 20.5. The summed E-state index contributed by atoms with van der Waals surface area (Å²) in [5.74, 6) is -0.805. The Labute approximate surface area is 165 Å². The van der Waals surface area contributed by atoms with Crippen LogP contribution in [0.4, 0.5) is 5.69 Å². The lowest BCUT2D eigenvalue weighted by atomic mass is 9.95. The quantitative estimate of drug-likeness (QED) is 0.796. The van der Waals surface area contributed by atoms with Gasteiger partial charge in [-0.25, -0.2) is 25.9 Å². The molecule has 1 aliphatic heterocycles. The number of nitrogens with zero attached hydrogens (tertiary/aromatic N) is 1.